The van der Waals surface area contributed by atoms with Gasteiger partial charge in [0.1, 0.15) is 24.4 Å². The van der Waals surface area contributed by atoms with E-state index in [4.69, 9.17) is 42.6 Å². The third-order valence-corrected chi connectivity index (χ3v) is 13.9. The van der Waals surface area contributed by atoms with Crippen molar-refractivity contribution in [2.75, 3.05) is 40.6 Å². The van der Waals surface area contributed by atoms with Gasteiger partial charge >= 0.3 is 29.8 Å². The Morgan fingerprint density at radius 2 is 1.01 bits per heavy atom. The second-order valence-corrected chi connectivity index (χ2v) is 20.7. The number of pyridine rings is 2. The van der Waals surface area contributed by atoms with Crippen molar-refractivity contribution >= 4 is 63.2 Å². The number of esters is 5. The van der Waals surface area contributed by atoms with Gasteiger partial charge < -0.3 is 58.4 Å². The number of nitrogens with zero attached hydrogens (tertiary/aromatic N) is 2. The number of rotatable bonds is 15. The summed E-state index contributed by atoms with van der Waals surface area (Å²) >= 11 is 0. The number of amides is 2. The molecule has 0 unspecified atom stereocenters. The summed E-state index contributed by atoms with van der Waals surface area (Å²) in [6.45, 7) is 11.2. The molecule has 4 aromatic carbocycles. The number of aromatic hydroxyl groups is 1. The molecule has 8 atom stereocenters. The van der Waals surface area contributed by atoms with Gasteiger partial charge in [0.15, 0.2) is 40.7 Å². The number of carbonyl (C=O) groups excluding carboxylic acids is 7. The lowest BCUT2D eigenvalue weighted by Gasteiger charge is -2.31. The van der Waals surface area contributed by atoms with Crippen LogP contribution < -0.4 is 24.8 Å². The zero-order chi connectivity index (χ0) is 59.9. The van der Waals surface area contributed by atoms with Crippen LogP contribution in [0.5, 0.6) is 23.0 Å². The molecule has 440 valence electrons. The van der Waals surface area contributed by atoms with Gasteiger partial charge in [0, 0.05) is 43.3 Å². The summed E-state index contributed by atoms with van der Waals surface area (Å²) in [7, 11) is 2.70. The smallest absolute Gasteiger partial charge is 0.331 e. The van der Waals surface area contributed by atoms with E-state index in [1.807, 2.05) is 84.9 Å². The Morgan fingerprint density at radius 1 is 0.590 bits per heavy atom. The Kier molecular flexibility index (Phi) is 21.5. The predicted octanol–water partition coefficient (Wildman–Crippen LogP) is 7.09. The fraction of sp³-hybridized carbons (Fsp3) is 0.403. The van der Waals surface area contributed by atoms with E-state index in [0.717, 1.165) is 32.7 Å². The highest BCUT2D eigenvalue weighted by atomic mass is 16.6. The number of carbonyl (C=O) groups is 7. The minimum atomic E-state index is -1.23. The Morgan fingerprint density at radius 3 is 1.46 bits per heavy atom. The maximum absolute atomic E-state index is 13.3. The van der Waals surface area contributed by atoms with E-state index in [1.54, 1.807) is 41.5 Å². The Bertz CT molecular complexity index is 3280. The Balaban J connectivity index is 0.000000239. The van der Waals surface area contributed by atoms with Crippen LogP contribution in [0.2, 0.25) is 0 Å². The predicted molar refractivity (Wildman–Crippen MR) is 302 cm³/mol. The normalized spacial score (nSPS) is 21.1. The van der Waals surface area contributed by atoms with Gasteiger partial charge in [0.2, 0.25) is 5.75 Å². The van der Waals surface area contributed by atoms with Crippen LogP contribution in [0.25, 0.3) is 21.5 Å². The molecular formula is C62H70N4O17. The highest BCUT2D eigenvalue weighted by Crippen LogP contribution is 2.33. The monoisotopic (exact) mass is 1140 g/mol. The van der Waals surface area contributed by atoms with Crippen molar-refractivity contribution < 1.29 is 81.3 Å². The van der Waals surface area contributed by atoms with Crippen molar-refractivity contribution in [2.24, 2.45) is 23.7 Å². The van der Waals surface area contributed by atoms with Crippen molar-refractivity contribution in [1.29, 1.82) is 0 Å². The summed E-state index contributed by atoms with van der Waals surface area (Å²) in [5, 5.41) is 19.7. The fourth-order valence-electron chi connectivity index (χ4n) is 9.63. The molecule has 3 N–H and O–H groups in total. The summed E-state index contributed by atoms with van der Waals surface area (Å²) in [6, 6.07) is 28.4. The van der Waals surface area contributed by atoms with Crippen LogP contribution in [-0.4, -0.2) is 134 Å². The molecule has 2 aliphatic heterocycles. The first-order valence-electron chi connectivity index (χ1n) is 27.2. The summed E-state index contributed by atoms with van der Waals surface area (Å²) in [5.41, 5.74) is 1.51. The van der Waals surface area contributed by atoms with E-state index in [9.17, 15) is 38.7 Å². The van der Waals surface area contributed by atoms with E-state index in [1.165, 1.54) is 45.7 Å². The lowest BCUT2D eigenvalue weighted by atomic mass is 9.89. The Labute approximate surface area is 480 Å². The molecule has 8 rings (SSSR count). The van der Waals surface area contributed by atoms with E-state index >= 15 is 0 Å². The topological polar surface area (TPSA) is 273 Å². The van der Waals surface area contributed by atoms with Crippen LogP contribution in [0.1, 0.15) is 80.6 Å². The molecule has 83 heavy (non-hydrogen) atoms. The summed E-state index contributed by atoms with van der Waals surface area (Å²) in [5.74, 6) is -6.65. The van der Waals surface area contributed by atoms with Crippen molar-refractivity contribution in [3.63, 3.8) is 0 Å². The number of hydrogen-bond donors (Lipinski definition) is 3. The molecule has 0 saturated carbocycles. The summed E-state index contributed by atoms with van der Waals surface area (Å²) in [6.07, 6.45) is 0.292. The molecule has 0 spiro atoms. The van der Waals surface area contributed by atoms with E-state index in [2.05, 4.69) is 20.6 Å². The van der Waals surface area contributed by atoms with Crippen molar-refractivity contribution in [2.45, 2.75) is 97.8 Å². The van der Waals surface area contributed by atoms with E-state index in [-0.39, 0.29) is 72.8 Å². The number of aromatic nitrogens is 2. The van der Waals surface area contributed by atoms with E-state index < -0.39 is 89.8 Å². The zero-order valence-electron chi connectivity index (χ0n) is 47.8. The minimum Gasteiger partial charge on any atom is -0.503 e. The van der Waals surface area contributed by atoms with Crippen molar-refractivity contribution in [3.05, 3.63) is 132 Å². The van der Waals surface area contributed by atoms with Gasteiger partial charge in [-0.2, -0.15) is 0 Å². The lowest BCUT2D eigenvalue weighted by molar-refractivity contribution is -0.173. The van der Waals surface area contributed by atoms with Gasteiger partial charge in [0.05, 0.1) is 52.5 Å². The maximum atomic E-state index is 13.3. The molecule has 2 amide bonds. The average molecular weight is 1140 g/mol. The number of hydrogen-bond acceptors (Lipinski definition) is 19. The lowest BCUT2D eigenvalue weighted by Crippen LogP contribution is -2.47. The van der Waals surface area contributed by atoms with E-state index in [0.29, 0.717) is 12.8 Å². The number of ether oxygens (including phenoxy) is 9. The highest BCUT2D eigenvalue weighted by molar-refractivity contribution is 5.99. The molecule has 4 heterocycles. The molecule has 0 bridgehead atoms. The molecule has 6 aromatic rings. The minimum absolute atomic E-state index is 0.0631. The standard InChI is InChI=1S/C32H36N2O9.C30H34N2O8/c1-18(2)31(37)43-28-19(3)41-32(38)25(34-30(36)27-29(42-20(4)35)26(39-5)13-14-33-27)17-40-16-23(28)15-22-11-8-10-21-9-6-7-12-24(21)22;1-17(2)29(35)40-27-18(3)39-30(36)23(32-28(34)25-26(33)24(37-4)12-13-31-25)16-38-15-21(27)14-20-10-7-9-19-8-5-6-11-22(19)20/h6-14,18-19,23,25,28H,15-17H2,1-5H3,(H,34,36);5-13,17-18,21,23,27,33H,14-16H2,1-4H3,(H,32,34)/t19-,23-,25-,28-;18-,21-,23-,27-/m00/s1. The molecule has 2 fully saturated rings. The van der Waals surface area contributed by atoms with Gasteiger partial charge in [0.25, 0.3) is 11.8 Å². The molecular weight excluding hydrogens is 1070 g/mol. The first-order valence-corrected chi connectivity index (χ1v) is 27.2. The molecule has 2 aliphatic rings. The average Bonchev–Trinajstić information content (AvgIpc) is 3.55. The van der Waals surface area contributed by atoms with Gasteiger partial charge in [-0.3, -0.25) is 24.0 Å². The first-order chi connectivity index (χ1) is 39.8. The van der Waals surface area contributed by atoms with Crippen LogP contribution in [0.3, 0.4) is 0 Å². The quantitative estimate of drug-likeness (QED) is 0.0683. The molecule has 0 radical (unpaired) electrons. The second-order valence-electron chi connectivity index (χ2n) is 20.7. The maximum Gasteiger partial charge on any atom is 0.331 e. The number of nitrogens with one attached hydrogen (secondary N) is 2. The van der Waals surface area contributed by atoms with Gasteiger partial charge in [-0.1, -0.05) is 113 Å². The number of fused-ring (bicyclic) bond motifs is 2. The molecule has 2 saturated heterocycles. The van der Waals surface area contributed by atoms with Gasteiger partial charge in [-0.15, -0.1) is 0 Å². The summed E-state index contributed by atoms with van der Waals surface area (Å²) in [4.78, 5) is 97.6. The zero-order valence-corrected chi connectivity index (χ0v) is 47.8. The number of methoxy groups -OCH3 is 2. The van der Waals surface area contributed by atoms with Crippen LogP contribution in [-0.2, 0) is 65.2 Å². The second kappa shape index (κ2) is 28.8. The van der Waals surface area contributed by atoms with Crippen LogP contribution in [0.4, 0.5) is 0 Å². The molecule has 21 nitrogen and oxygen atoms in total. The molecule has 0 aliphatic carbocycles. The third-order valence-electron chi connectivity index (χ3n) is 13.9. The van der Waals surface area contributed by atoms with Crippen LogP contribution >= 0.6 is 0 Å². The third kappa shape index (κ3) is 15.9. The van der Waals surface area contributed by atoms with Crippen LogP contribution in [0, 0.1) is 23.7 Å². The van der Waals surface area contributed by atoms with Crippen molar-refractivity contribution in [3.8, 4) is 23.0 Å². The molecule has 21 heteroatoms. The van der Waals surface area contributed by atoms with Crippen LogP contribution in [0.15, 0.2) is 109 Å². The first kappa shape index (κ1) is 61.9. The highest BCUT2D eigenvalue weighted by Gasteiger charge is 2.40. The molecule has 2 aromatic heterocycles. The number of benzene rings is 4. The fourth-order valence-corrected chi connectivity index (χ4v) is 9.63. The SMILES string of the molecule is COc1ccnc(C(=O)N[C@H]2COC[C@H](Cc3cccc4ccccc34)[C@@H](OC(=O)C(C)C)[C@H](C)OC2=O)c1O.COc1ccnc(C(=O)N[C@H]2COC[C@H](Cc3cccc4ccccc34)[C@@H](OC(=O)C(C)C)[C@H](C)OC2=O)c1OC(C)=O. The van der Waals surface area contributed by atoms with Gasteiger partial charge in [-0.05, 0) is 59.4 Å². The number of cyclic esters (lactones) is 2. The summed E-state index contributed by atoms with van der Waals surface area (Å²) < 4.78 is 50.7. The van der Waals surface area contributed by atoms with Crippen molar-refractivity contribution in [1.82, 2.24) is 20.6 Å². The largest absolute Gasteiger partial charge is 0.503 e. The Hall–Kier alpha value is -8.69. The van der Waals surface area contributed by atoms with Gasteiger partial charge in [-0.25, -0.2) is 19.6 Å².